The highest BCUT2D eigenvalue weighted by molar-refractivity contribution is 5.95. The van der Waals surface area contributed by atoms with Gasteiger partial charge in [0.2, 0.25) is 11.8 Å². The van der Waals surface area contributed by atoms with E-state index in [0.717, 1.165) is 5.82 Å². The smallest absolute Gasteiger partial charge is 0.231 e. The number of aromatic nitrogens is 4. The third kappa shape index (κ3) is 3.83. The first kappa shape index (κ1) is 17.7. The lowest BCUT2D eigenvalue weighted by Gasteiger charge is -2.39. The maximum Gasteiger partial charge on any atom is 0.231 e. The van der Waals surface area contributed by atoms with Gasteiger partial charge in [-0.05, 0) is 30.3 Å². The maximum absolute atomic E-state index is 12.4. The molecule has 0 spiro atoms. The van der Waals surface area contributed by atoms with E-state index in [-0.39, 0.29) is 17.7 Å². The Balaban J connectivity index is 1.33. The van der Waals surface area contributed by atoms with Gasteiger partial charge in [0.15, 0.2) is 5.82 Å². The van der Waals surface area contributed by atoms with E-state index in [1.165, 1.54) is 13.3 Å². The van der Waals surface area contributed by atoms with Crippen LogP contribution < -0.4 is 15.5 Å². The third-order valence-corrected chi connectivity index (χ3v) is 4.43. The molecule has 1 aliphatic rings. The van der Waals surface area contributed by atoms with Gasteiger partial charge in [-0.3, -0.25) is 9.59 Å². The van der Waals surface area contributed by atoms with Crippen LogP contribution in [0.4, 0.5) is 17.2 Å². The molecule has 1 saturated heterocycles. The Morgan fingerprint density at radius 3 is 2.36 bits per heavy atom. The molecular formula is C19H19N7O2. The standard InChI is InChI=1S/C19H19N7O2/c1-13(27)23-15-3-5-16(6-4-15)24-19(28)14-10-25(11-14)17-9-18(21-12-20-17)26-8-2-7-22-26/h2-9,12,14H,10-11H2,1H3,(H,23,27)(H,24,28). The molecule has 3 heterocycles. The van der Waals surface area contributed by atoms with Gasteiger partial charge in [0.05, 0.1) is 5.92 Å². The number of nitrogens with one attached hydrogen (secondary N) is 2. The number of amides is 2. The van der Waals surface area contributed by atoms with Crippen LogP contribution in [-0.4, -0.2) is 44.7 Å². The highest BCUT2D eigenvalue weighted by Crippen LogP contribution is 2.25. The minimum atomic E-state index is -0.133. The van der Waals surface area contributed by atoms with Gasteiger partial charge in [0.25, 0.3) is 0 Å². The van der Waals surface area contributed by atoms with Crippen LogP contribution in [0.3, 0.4) is 0 Å². The topological polar surface area (TPSA) is 105 Å². The highest BCUT2D eigenvalue weighted by Gasteiger charge is 2.33. The number of hydrogen-bond donors (Lipinski definition) is 2. The summed E-state index contributed by atoms with van der Waals surface area (Å²) in [6.45, 7) is 2.63. The van der Waals surface area contributed by atoms with Crippen molar-refractivity contribution >= 4 is 29.0 Å². The van der Waals surface area contributed by atoms with E-state index in [9.17, 15) is 9.59 Å². The molecule has 3 aromatic rings. The molecule has 142 valence electrons. The van der Waals surface area contributed by atoms with E-state index in [2.05, 4.69) is 25.7 Å². The molecule has 2 aromatic heterocycles. The van der Waals surface area contributed by atoms with Crippen LogP contribution in [0.25, 0.3) is 5.82 Å². The molecule has 2 amide bonds. The minimum absolute atomic E-state index is 0.0371. The van der Waals surface area contributed by atoms with Crippen LogP contribution in [0.5, 0.6) is 0 Å². The molecule has 2 N–H and O–H groups in total. The average molecular weight is 377 g/mol. The van der Waals surface area contributed by atoms with Crippen LogP contribution in [0, 0.1) is 5.92 Å². The molecule has 28 heavy (non-hydrogen) atoms. The van der Waals surface area contributed by atoms with Crippen LogP contribution in [0.2, 0.25) is 0 Å². The Kier molecular flexibility index (Phi) is 4.71. The molecule has 1 fully saturated rings. The molecular weight excluding hydrogens is 358 g/mol. The fourth-order valence-corrected chi connectivity index (χ4v) is 2.96. The normalized spacial score (nSPS) is 13.7. The quantitative estimate of drug-likeness (QED) is 0.701. The third-order valence-electron chi connectivity index (χ3n) is 4.43. The minimum Gasteiger partial charge on any atom is -0.355 e. The first-order valence-corrected chi connectivity index (χ1v) is 8.84. The number of rotatable bonds is 5. The Morgan fingerprint density at radius 2 is 1.71 bits per heavy atom. The summed E-state index contributed by atoms with van der Waals surface area (Å²) in [4.78, 5) is 34.0. The van der Waals surface area contributed by atoms with E-state index < -0.39 is 0 Å². The summed E-state index contributed by atoms with van der Waals surface area (Å²) in [5.41, 5.74) is 1.39. The summed E-state index contributed by atoms with van der Waals surface area (Å²) >= 11 is 0. The molecule has 0 radical (unpaired) electrons. The van der Waals surface area contributed by atoms with Crippen molar-refractivity contribution in [2.75, 3.05) is 28.6 Å². The second-order valence-electron chi connectivity index (χ2n) is 6.53. The summed E-state index contributed by atoms with van der Waals surface area (Å²) in [6.07, 6.45) is 5.00. The molecule has 4 rings (SSSR count). The van der Waals surface area contributed by atoms with Crippen LogP contribution in [0.15, 0.2) is 55.1 Å². The second-order valence-corrected chi connectivity index (χ2v) is 6.53. The van der Waals surface area contributed by atoms with E-state index >= 15 is 0 Å². The second kappa shape index (κ2) is 7.47. The van der Waals surface area contributed by atoms with Gasteiger partial charge in [-0.25, -0.2) is 14.6 Å². The number of anilines is 3. The van der Waals surface area contributed by atoms with Gasteiger partial charge < -0.3 is 15.5 Å². The Bertz CT molecular complexity index is 980. The number of carbonyl (C=O) groups excluding carboxylic acids is 2. The zero-order valence-electron chi connectivity index (χ0n) is 15.2. The number of nitrogens with zero attached hydrogens (tertiary/aromatic N) is 5. The zero-order chi connectivity index (χ0) is 19.5. The van der Waals surface area contributed by atoms with Gasteiger partial charge in [-0.15, -0.1) is 0 Å². The van der Waals surface area contributed by atoms with Gasteiger partial charge in [0, 0.05) is 49.8 Å². The molecule has 9 nitrogen and oxygen atoms in total. The monoisotopic (exact) mass is 377 g/mol. The largest absolute Gasteiger partial charge is 0.355 e. The summed E-state index contributed by atoms with van der Waals surface area (Å²) in [7, 11) is 0. The first-order valence-electron chi connectivity index (χ1n) is 8.84. The van der Waals surface area contributed by atoms with Crippen molar-refractivity contribution in [3.8, 4) is 5.82 Å². The van der Waals surface area contributed by atoms with Gasteiger partial charge >= 0.3 is 0 Å². The molecule has 9 heteroatoms. The van der Waals surface area contributed by atoms with Crippen molar-refractivity contribution in [1.29, 1.82) is 0 Å². The predicted molar refractivity (Wildman–Crippen MR) is 104 cm³/mol. The molecule has 0 unspecified atom stereocenters. The number of carbonyl (C=O) groups is 2. The van der Waals surface area contributed by atoms with E-state index in [1.54, 1.807) is 35.1 Å². The zero-order valence-corrected chi connectivity index (χ0v) is 15.2. The van der Waals surface area contributed by atoms with E-state index in [4.69, 9.17) is 0 Å². The van der Waals surface area contributed by atoms with Crippen molar-refractivity contribution in [3.63, 3.8) is 0 Å². The van der Waals surface area contributed by atoms with Crippen LogP contribution in [0.1, 0.15) is 6.92 Å². The average Bonchev–Trinajstić information content (AvgIpc) is 3.17. The Labute approximate surface area is 161 Å². The highest BCUT2D eigenvalue weighted by atomic mass is 16.2. The summed E-state index contributed by atoms with van der Waals surface area (Å²) in [5.74, 6) is 1.17. The fraction of sp³-hybridized carbons (Fsp3) is 0.211. The lowest BCUT2D eigenvalue weighted by molar-refractivity contribution is -0.120. The van der Waals surface area contributed by atoms with E-state index in [1.807, 2.05) is 23.2 Å². The molecule has 0 aliphatic carbocycles. The Hall–Kier alpha value is -3.75. The molecule has 0 saturated carbocycles. The number of benzene rings is 1. The van der Waals surface area contributed by atoms with Gasteiger partial charge in [-0.1, -0.05) is 0 Å². The van der Waals surface area contributed by atoms with Gasteiger partial charge in [-0.2, -0.15) is 5.10 Å². The van der Waals surface area contributed by atoms with Crippen molar-refractivity contribution in [2.45, 2.75) is 6.92 Å². The molecule has 0 bridgehead atoms. The van der Waals surface area contributed by atoms with Crippen molar-refractivity contribution < 1.29 is 9.59 Å². The van der Waals surface area contributed by atoms with Gasteiger partial charge in [0.1, 0.15) is 12.1 Å². The maximum atomic E-state index is 12.4. The molecule has 1 aliphatic heterocycles. The van der Waals surface area contributed by atoms with Crippen molar-refractivity contribution in [2.24, 2.45) is 5.92 Å². The van der Waals surface area contributed by atoms with Crippen LogP contribution >= 0.6 is 0 Å². The predicted octanol–water partition coefficient (Wildman–Crippen LogP) is 1.70. The fourth-order valence-electron chi connectivity index (χ4n) is 2.96. The number of hydrogen-bond acceptors (Lipinski definition) is 6. The lowest BCUT2D eigenvalue weighted by Crippen LogP contribution is -2.52. The van der Waals surface area contributed by atoms with Crippen LogP contribution in [-0.2, 0) is 9.59 Å². The molecule has 0 atom stereocenters. The summed E-state index contributed by atoms with van der Waals surface area (Å²) in [6, 6.07) is 10.7. The molecule has 1 aromatic carbocycles. The summed E-state index contributed by atoms with van der Waals surface area (Å²) < 4.78 is 1.67. The summed E-state index contributed by atoms with van der Waals surface area (Å²) in [5, 5.41) is 9.76. The lowest BCUT2D eigenvalue weighted by atomic mass is 9.99. The van der Waals surface area contributed by atoms with Crippen molar-refractivity contribution in [1.82, 2.24) is 19.7 Å². The van der Waals surface area contributed by atoms with E-state index in [0.29, 0.717) is 30.3 Å². The SMILES string of the molecule is CC(=O)Nc1ccc(NC(=O)C2CN(c3cc(-n4cccn4)ncn3)C2)cc1. The Morgan fingerprint density at radius 1 is 1.04 bits per heavy atom. The van der Waals surface area contributed by atoms with Crippen molar-refractivity contribution in [3.05, 3.63) is 55.1 Å². The first-order chi connectivity index (χ1) is 13.6.